The molecule has 0 aromatic carbocycles. The molecule has 1 heterocycles. The van der Waals surface area contributed by atoms with Gasteiger partial charge >= 0.3 is 6.18 Å². The standard InChI is InChI=1S/C7H5BrF3N.C2H6/c1-4-2-5(7(9,10)11)6(8)3-12-4;1-2/h2-3H,1H3;1-2H3. The van der Waals surface area contributed by atoms with Crippen molar-refractivity contribution in [3.8, 4) is 0 Å². The van der Waals surface area contributed by atoms with E-state index in [-0.39, 0.29) is 4.47 Å². The Kier molecular flexibility index (Phi) is 5.12. The lowest BCUT2D eigenvalue weighted by molar-refractivity contribution is -0.138. The first-order valence-electron chi connectivity index (χ1n) is 4.10. The summed E-state index contributed by atoms with van der Waals surface area (Å²) < 4.78 is 36.5. The monoisotopic (exact) mass is 269 g/mol. The minimum absolute atomic E-state index is 0.0272. The minimum Gasteiger partial charge on any atom is -0.260 e. The number of aryl methyl sites for hydroxylation is 1. The molecule has 1 aromatic rings. The van der Waals surface area contributed by atoms with Crippen LogP contribution in [0, 0.1) is 6.92 Å². The van der Waals surface area contributed by atoms with Crippen LogP contribution in [0.15, 0.2) is 16.7 Å². The topological polar surface area (TPSA) is 12.9 Å². The zero-order valence-electron chi connectivity index (χ0n) is 8.11. The molecule has 0 spiro atoms. The van der Waals surface area contributed by atoms with Gasteiger partial charge in [0.1, 0.15) is 0 Å². The summed E-state index contributed by atoms with van der Waals surface area (Å²) >= 11 is 2.78. The predicted octanol–water partition coefficient (Wildman–Crippen LogP) is 4.20. The minimum atomic E-state index is -4.31. The van der Waals surface area contributed by atoms with Crippen LogP contribution in [-0.2, 0) is 6.18 Å². The van der Waals surface area contributed by atoms with Gasteiger partial charge in [-0.3, -0.25) is 4.98 Å². The first-order chi connectivity index (χ1) is 6.41. The van der Waals surface area contributed by atoms with Gasteiger partial charge < -0.3 is 0 Å². The summed E-state index contributed by atoms with van der Waals surface area (Å²) in [5.41, 5.74) is -0.333. The Labute approximate surface area is 89.5 Å². The van der Waals surface area contributed by atoms with E-state index in [1.54, 1.807) is 0 Å². The molecule has 0 unspecified atom stereocenters. The van der Waals surface area contributed by atoms with Crippen LogP contribution in [0.4, 0.5) is 13.2 Å². The number of pyridine rings is 1. The number of hydrogen-bond acceptors (Lipinski definition) is 1. The average molecular weight is 270 g/mol. The van der Waals surface area contributed by atoms with Crippen LogP contribution >= 0.6 is 15.9 Å². The normalized spacial score (nSPS) is 10.5. The Morgan fingerprint density at radius 3 is 2.14 bits per heavy atom. The van der Waals surface area contributed by atoms with Crippen molar-refractivity contribution in [3.63, 3.8) is 0 Å². The van der Waals surface area contributed by atoms with Crippen LogP contribution in [0.25, 0.3) is 0 Å². The highest BCUT2D eigenvalue weighted by Crippen LogP contribution is 2.34. The lowest BCUT2D eigenvalue weighted by Crippen LogP contribution is -2.06. The van der Waals surface area contributed by atoms with Gasteiger partial charge in [0.05, 0.1) is 5.56 Å². The first-order valence-corrected chi connectivity index (χ1v) is 4.90. The van der Waals surface area contributed by atoms with Gasteiger partial charge in [0, 0.05) is 16.4 Å². The zero-order chi connectivity index (χ0) is 11.4. The number of hydrogen-bond donors (Lipinski definition) is 0. The van der Waals surface area contributed by atoms with Gasteiger partial charge in [-0.1, -0.05) is 13.8 Å². The van der Waals surface area contributed by atoms with Gasteiger partial charge in [-0.15, -0.1) is 0 Å². The smallest absolute Gasteiger partial charge is 0.260 e. The third-order valence-electron chi connectivity index (χ3n) is 1.30. The molecule has 0 N–H and O–H groups in total. The highest BCUT2D eigenvalue weighted by Gasteiger charge is 2.33. The largest absolute Gasteiger partial charge is 0.417 e. The van der Waals surface area contributed by atoms with E-state index in [1.165, 1.54) is 6.92 Å². The van der Waals surface area contributed by atoms with Crippen molar-refractivity contribution < 1.29 is 13.2 Å². The van der Waals surface area contributed by atoms with Gasteiger partial charge in [-0.2, -0.15) is 13.2 Å². The fourth-order valence-electron chi connectivity index (χ4n) is 0.760. The zero-order valence-corrected chi connectivity index (χ0v) is 9.70. The first kappa shape index (κ1) is 13.4. The predicted molar refractivity (Wildman–Crippen MR) is 53.0 cm³/mol. The Morgan fingerprint density at radius 1 is 1.29 bits per heavy atom. The van der Waals surface area contributed by atoms with E-state index in [9.17, 15) is 13.2 Å². The molecule has 0 amide bonds. The molecule has 80 valence electrons. The Bertz CT molecular complexity index is 297. The van der Waals surface area contributed by atoms with Crippen LogP contribution in [-0.4, -0.2) is 4.98 Å². The van der Waals surface area contributed by atoms with Crippen LogP contribution in [0.2, 0.25) is 0 Å². The molecule has 1 aromatic heterocycles. The Hall–Kier alpha value is -0.580. The van der Waals surface area contributed by atoms with Gasteiger partial charge in [-0.05, 0) is 28.9 Å². The summed E-state index contributed by atoms with van der Waals surface area (Å²) in [5.74, 6) is 0. The van der Waals surface area contributed by atoms with Crippen molar-refractivity contribution in [3.05, 3.63) is 28.0 Å². The van der Waals surface area contributed by atoms with Crippen molar-refractivity contribution >= 4 is 15.9 Å². The molecule has 0 aliphatic rings. The van der Waals surface area contributed by atoms with Crippen molar-refractivity contribution in [1.29, 1.82) is 0 Å². The van der Waals surface area contributed by atoms with Crippen molar-refractivity contribution in [2.45, 2.75) is 26.9 Å². The highest BCUT2D eigenvalue weighted by molar-refractivity contribution is 9.10. The highest BCUT2D eigenvalue weighted by atomic mass is 79.9. The van der Waals surface area contributed by atoms with Gasteiger partial charge in [-0.25, -0.2) is 0 Å². The second kappa shape index (κ2) is 5.34. The van der Waals surface area contributed by atoms with E-state index < -0.39 is 11.7 Å². The maximum absolute atomic E-state index is 12.2. The molecular formula is C9H11BrF3N. The van der Waals surface area contributed by atoms with E-state index >= 15 is 0 Å². The summed E-state index contributed by atoms with van der Waals surface area (Å²) in [6.07, 6.45) is -3.16. The summed E-state index contributed by atoms with van der Waals surface area (Å²) in [6, 6.07) is 1.00. The molecule has 0 aliphatic carbocycles. The van der Waals surface area contributed by atoms with Gasteiger partial charge in [0.25, 0.3) is 0 Å². The van der Waals surface area contributed by atoms with E-state index in [4.69, 9.17) is 0 Å². The summed E-state index contributed by atoms with van der Waals surface area (Å²) in [7, 11) is 0. The maximum atomic E-state index is 12.2. The molecule has 0 radical (unpaired) electrons. The van der Waals surface area contributed by atoms with Crippen molar-refractivity contribution in [2.75, 3.05) is 0 Å². The average Bonchev–Trinajstić information content (AvgIpc) is 2.11. The van der Waals surface area contributed by atoms with Crippen LogP contribution in [0.1, 0.15) is 25.1 Å². The second-order valence-electron chi connectivity index (χ2n) is 2.30. The number of aromatic nitrogens is 1. The summed E-state index contributed by atoms with van der Waals surface area (Å²) in [6.45, 7) is 5.52. The molecule has 0 bridgehead atoms. The third-order valence-corrected chi connectivity index (χ3v) is 1.93. The second-order valence-corrected chi connectivity index (χ2v) is 3.16. The molecular weight excluding hydrogens is 259 g/mol. The quantitative estimate of drug-likeness (QED) is 0.688. The Balaban J connectivity index is 0.000000791. The number of nitrogens with zero attached hydrogens (tertiary/aromatic N) is 1. The van der Waals surface area contributed by atoms with Crippen LogP contribution in [0.5, 0.6) is 0 Å². The van der Waals surface area contributed by atoms with E-state index in [0.29, 0.717) is 5.69 Å². The molecule has 5 heteroatoms. The molecule has 1 rings (SSSR count). The lowest BCUT2D eigenvalue weighted by Gasteiger charge is -2.08. The molecule has 0 atom stereocenters. The molecule has 0 saturated heterocycles. The fourth-order valence-corrected chi connectivity index (χ4v) is 1.20. The number of alkyl halides is 3. The maximum Gasteiger partial charge on any atom is 0.417 e. The van der Waals surface area contributed by atoms with Crippen molar-refractivity contribution in [1.82, 2.24) is 4.98 Å². The lowest BCUT2D eigenvalue weighted by atomic mass is 10.2. The van der Waals surface area contributed by atoms with Crippen molar-refractivity contribution in [2.24, 2.45) is 0 Å². The SMILES string of the molecule is CC.Cc1cc(C(F)(F)F)c(Br)cn1. The van der Waals surface area contributed by atoms with E-state index in [1.807, 2.05) is 13.8 Å². The molecule has 14 heavy (non-hydrogen) atoms. The molecule has 0 saturated carbocycles. The Morgan fingerprint density at radius 2 is 1.79 bits per heavy atom. The fraction of sp³-hybridized carbons (Fsp3) is 0.444. The third kappa shape index (κ3) is 3.65. The molecule has 0 aliphatic heterocycles. The molecule has 0 fully saturated rings. The summed E-state index contributed by atoms with van der Waals surface area (Å²) in [5, 5.41) is 0. The van der Waals surface area contributed by atoms with Gasteiger partial charge in [0.15, 0.2) is 0 Å². The summed E-state index contributed by atoms with van der Waals surface area (Å²) in [4.78, 5) is 3.71. The van der Waals surface area contributed by atoms with E-state index in [0.717, 1.165) is 12.3 Å². The van der Waals surface area contributed by atoms with Crippen LogP contribution < -0.4 is 0 Å². The molecule has 1 nitrogen and oxygen atoms in total. The number of rotatable bonds is 0. The van der Waals surface area contributed by atoms with E-state index in [2.05, 4.69) is 20.9 Å². The number of halogens is 4. The van der Waals surface area contributed by atoms with Gasteiger partial charge in [0.2, 0.25) is 0 Å². The van der Waals surface area contributed by atoms with Crippen LogP contribution in [0.3, 0.4) is 0 Å².